The van der Waals surface area contributed by atoms with Crippen molar-refractivity contribution in [2.45, 2.75) is 84.8 Å². The van der Waals surface area contributed by atoms with E-state index in [0.29, 0.717) is 0 Å². The molecule has 7 nitrogen and oxygen atoms in total. The van der Waals surface area contributed by atoms with E-state index in [0.717, 1.165) is 19.4 Å². The van der Waals surface area contributed by atoms with E-state index in [4.69, 9.17) is 14.6 Å². The second kappa shape index (κ2) is 16.1. The Bertz CT molecular complexity index is 433. The summed E-state index contributed by atoms with van der Waals surface area (Å²) in [6.45, 7) is 13.8. The largest absolute Gasteiger partial charge is 0.483 e. The van der Waals surface area contributed by atoms with Crippen molar-refractivity contribution in [3.63, 3.8) is 0 Å². The minimum atomic E-state index is -0.544. The number of likely N-dealkylation sites (tertiary alicyclic amines) is 1. The summed E-state index contributed by atoms with van der Waals surface area (Å²) in [7, 11) is 0. The van der Waals surface area contributed by atoms with Gasteiger partial charge in [-0.05, 0) is 53.4 Å². The summed E-state index contributed by atoms with van der Waals surface area (Å²) in [6.07, 6.45) is 8.69. The number of carbonyl (C=O) groups is 3. The van der Waals surface area contributed by atoms with Gasteiger partial charge in [0, 0.05) is 12.6 Å². The van der Waals surface area contributed by atoms with Crippen LogP contribution in [0.1, 0.15) is 73.1 Å². The first-order valence-corrected chi connectivity index (χ1v) is 9.57. The molecule has 0 aromatic carbocycles. The zero-order chi connectivity index (χ0) is 21.3. The van der Waals surface area contributed by atoms with Gasteiger partial charge in [-0.2, -0.15) is 0 Å². The first-order valence-electron chi connectivity index (χ1n) is 9.57. The predicted molar refractivity (Wildman–Crippen MR) is 108 cm³/mol. The van der Waals surface area contributed by atoms with Crippen LogP contribution < -0.4 is 5.32 Å². The summed E-state index contributed by atoms with van der Waals surface area (Å²) in [5.41, 5.74) is -0.534. The summed E-state index contributed by atoms with van der Waals surface area (Å²) in [6, 6.07) is 0.280. The van der Waals surface area contributed by atoms with Crippen molar-refractivity contribution < 1.29 is 24.2 Å². The van der Waals surface area contributed by atoms with Crippen LogP contribution in [0.5, 0.6) is 0 Å². The molecule has 1 aliphatic rings. The number of amides is 2. The third kappa shape index (κ3) is 17.1. The van der Waals surface area contributed by atoms with E-state index in [2.05, 4.69) is 18.8 Å². The van der Waals surface area contributed by atoms with Crippen molar-refractivity contribution in [1.82, 2.24) is 10.2 Å². The molecule has 1 rings (SSSR count). The summed E-state index contributed by atoms with van der Waals surface area (Å²) in [4.78, 5) is 33.3. The smallest absolute Gasteiger partial charge is 0.408 e. The maximum absolute atomic E-state index is 11.8. The van der Waals surface area contributed by atoms with E-state index in [1.54, 1.807) is 25.7 Å². The third-order valence-electron chi connectivity index (χ3n) is 3.67. The van der Waals surface area contributed by atoms with Crippen molar-refractivity contribution in [2.75, 3.05) is 13.1 Å². The average molecular weight is 387 g/mol. The Balaban J connectivity index is 0. The molecule has 7 heteroatoms. The monoisotopic (exact) mass is 386 g/mol. The van der Waals surface area contributed by atoms with Gasteiger partial charge in [0.05, 0.1) is 0 Å². The number of rotatable bonds is 6. The first-order chi connectivity index (χ1) is 12.6. The molecule has 1 saturated heterocycles. The molecule has 158 valence electrons. The quantitative estimate of drug-likeness (QED) is 0.409. The van der Waals surface area contributed by atoms with Gasteiger partial charge in [-0.3, -0.25) is 9.59 Å². The van der Waals surface area contributed by atoms with Crippen LogP contribution in [-0.4, -0.2) is 53.2 Å². The van der Waals surface area contributed by atoms with Gasteiger partial charge in [0.25, 0.3) is 6.47 Å². The lowest BCUT2D eigenvalue weighted by atomic mass is 10.2. The first kappa shape index (κ1) is 27.2. The highest BCUT2D eigenvalue weighted by Crippen LogP contribution is 2.16. The van der Waals surface area contributed by atoms with Crippen LogP contribution in [-0.2, 0) is 14.3 Å². The Morgan fingerprint density at radius 2 is 1.93 bits per heavy atom. The van der Waals surface area contributed by atoms with Crippen LogP contribution in [0, 0.1) is 0 Å². The highest BCUT2D eigenvalue weighted by atomic mass is 16.6. The summed E-state index contributed by atoms with van der Waals surface area (Å²) >= 11 is 0. The predicted octanol–water partition coefficient (Wildman–Crippen LogP) is 3.98. The van der Waals surface area contributed by atoms with Crippen molar-refractivity contribution in [2.24, 2.45) is 0 Å². The molecular weight excluding hydrogens is 348 g/mol. The van der Waals surface area contributed by atoms with E-state index < -0.39 is 11.7 Å². The lowest BCUT2D eigenvalue weighted by molar-refractivity contribution is -0.130. The van der Waals surface area contributed by atoms with E-state index in [9.17, 15) is 9.59 Å². The minimum Gasteiger partial charge on any atom is -0.483 e. The molecule has 1 atom stereocenters. The molecular formula is C20H38N2O5. The third-order valence-corrected chi connectivity index (χ3v) is 3.67. The molecule has 0 spiro atoms. The molecule has 1 aliphatic heterocycles. The van der Waals surface area contributed by atoms with Crippen LogP contribution in [0.2, 0.25) is 0 Å². The van der Waals surface area contributed by atoms with Crippen molar-refractivity contribution in [3.05, 3.63) is 12.7 Å². The van der Waals surface area contributed by atoms with Gasteiger partial charge in [-0.25, -0.2) is 4.79 Å². The number of ether oxygens (including phenoxy) is 1. The second-order valence-corrected chi connectivity index (χ2v) is 7.32. The van der Waals surface area contributed by atoms with Crippen molar-refractivity contribution in [3.8, 4) is 0 Å². The molecule has 1 unspecified atom stereocenters. The van der Waals surface area contributed by atoms with E-state index in [-0.39, 0.29) is 25.0 Å². The van der Waals surface area contributed by atoms with E-state index in [1.165, 1.54) is 25.7 Å². The Morgan fingerprint density at radius 3 is 2.33 bits per heavy atom. The molecule has 0 aromatic rings. The van der Waals surface area contributed by atoms with Gasteiger partial charge in [0.15, 0.2) is 0 Å². The summed E-state index contributed by atoms with van der Waals surface area (Å²) < 4.78 is 5.06. The van der Waals surface area contributed by atoms with Crippen molar-refractivity contribution >= 4 is 18.5 Å². The highest BCUT2D eigenvalue weighted by Gasteiger charge is 2.25. The number of carboxylic acid groups (broad SMARTS) is 1. The molecule has 0 aliphatic carbocycles. The molecule has 0 aromatic heterocycles. The molecule has 0 bridgehead atoms. The second-order valence-electron chi connectivity index (χ2n) is 7.32. The molecule has 0 saturated carbocycles. The topological polar surface area (TPSA) is 95.9 Å². The average Bonchev–Trinajstić information content (AvgIpc) is 2.99. The SMILES string of the molecule is C=CCCCCC.CC1CCCN1C(=O)CNC(=O)OC(C)(C)C.O=CO. The Hall–Kier alpha value is -2.05. The minimum absolute atomic E-state index is 0.0131. The lowest BCUT2D eigenvalue weighted by Gasteiger charge is -2.23. The Kier molecular flexibility index (Phi) is 16.3. The van der Waals surface area contributed by atoms with Gasteiger partial charge in [0.2, 0.25) is 5.91 Å². The number of hydrogen-bond donors (Lipinski definition) is 2. The molecule has 1 fully saturated rings. The van der Waals surface area contributed by atoms with Crippen LogP contribution in [0.25, 0.3) is 0 Å². The summed E-state index contributed by atoms with van der Waals surface area (Å²) in [5, 5.41) is 9.37. The Labute approximate surface area is 164 Å². The van der Waals surface area contributed by atoms with Gasteiger partial charge < -0.3 is 20.1 Å². The fourth-order valence-electron chi connectivity index (χ4n) is 2.41. The maximum Gasteiger partial charge on any atom is 0.408 e. The number of nitrogens with zero attached hydrogens (tertiary/aromatic N) is 1. The zero-order valence-electron chi connectivity index (χ0n) is 17.6. The molecule has 27 heavy (non-hydrogen) atoms. The van der Waals surface area contributed by atoms with Crippen LogP contribution >= 0.6 is 0 Å². The van der Waals surface area contributed by atoms with Crippen LogP contribution in [0.15, 0.2) is 12.7 Å². The number of allylic oxidation sites excluding steroid dienone is 1. The normalized spacial score (nSPS) is 15.4. The number of nitrogens with one attached hydrogen (secondary N) is 1. The number of carbonyl (C=O) groups excluding carboxylic acids is 2. The summed E-state index contributed by atoms with van der Waals surface area (Å²) in [5.74, 6) is -0.0409. The fraction of sp³-hybridized carbons (Fsp3) is 0.750. The number of hydrogen-bond acceptors (Lipinski definition) is 4. The van der Waals surface area contributed by atoms with Crippen molar-refractivity contribution in [1.29, 1.82) is 0 Å². The van der Waals surface area contributed by atoms with E-state index in [1.807, 2.05) is 13.0 Å². The fourth-order valence-corrected chi connectivity index (χ4v) is 2.41. The maximum atomic E-state index is 11.8. The molecule has 0 radical (unpaired) electrons. The standard InChI is InChI=1S/C12H22N2O3.C7H14.CH2O2/c1-9-6-5-7-14(9)10(15)8-13-11(16)17-12(2,3)4;1-3-5-7-6-4-2;2-1-3/h9H,5-8H2,1-4H3,(H,13,16);3H,1,4-7H2,2H3;1H,(H,2,3). The Morgan fingerprint density at radius 1 is 1.33 bits per heavy atom. The zero-order valence-corrected chi connectivity index (χ0v) is 17.6. The molecule has 2 N–H and O–H groups in total. The van der Waals surface area contributed by atoms with E-state index >= 15 is 0 Å². The molecule has 1 heterocycles. The lowest BCUT2D eigenvalue weighted by Crippen LogP contribution is -2.43. The van der Waals surface area contributed by atoms with Gasteiger partial charge in [-0.1, -0.05) is 25.8 Å². The van der Waals surface area contributed by atoms with Gasteiger partial charge >= 0.3 is 6.09 Å². The van der Waals surface area contributed by atoms with Gasteiger partial charge in [-0.15, -0.1) is 6.58 Å². The molecule has 2 amide bonds. The number of unbranched alkanes of at least 4 members (excludes halogenated alkanes) is 3. The van der Waals surface area contributed by atoms with Crippen LogP contribution in [0.3, 0.4) is 0 Å². The highest BCUT2D eigenvalue weighted by molar-refractivity contribution is 5.82. The van der Waals surface area contributed by atoms with Crippen LogP contribution in [0.4, 0.5) is 4.79 Å². The number of alkyl carbamates (subject to hydrolysis) is 1. The van der Waals surface area contributed by atoms with Gasteiger partial charge in [0.1, 0.15) is 12.1 Å².